The van der Waals surface area contributed by atoms with Crippen LogP contribution >= 0.6 is 11.3 Å². The predicted octanol–water partition coefficient (Wildman–Crippen LogP) is 1.88. The third-order valence-corrected chi connectivity index (χ3v) is 6.08. The number of anilines is 1. The molecule has 1 aliphatic heterocycles. The van der Waals surface area contributed by atoms with E-state index in [9.17, 15) is 9.59 Å². The number of thiophene rings is 1. The summed E-state index contributed by atoms with van der Waals surface area (Å²) in [6.07, 6.45) is 0.906. The van der Waals surface area contributed by atoms with Crippen LogP contribution in [0.3, 0.4) is 0 Å². The van der Waals surface area contributed by atoms with Crippen molar-refractivity contribution >= 4 is 23.2 Å². The van der Waals surface area contributed by atoms with Gasteiger partial charge < -0.3 is 10.6 Å². The molecule has 26 heavy (non-hydrogen) atoms. The second kappa shape index (κ2) is 7.59. The molecule has 1 amide bonds. The topological polar surface area (TPSA) is 95.3 Å². The molecule has 1 unspecified atom stereocenters. The van der Waals surface area contributed by atoms with E-state index in [1.54, 1.807) is 11.3 Å². The van der Waals surface area contributed by atoms with E-state index in [0.29, 0.717) is 24.7 Å². The number of aromatic amines is 1. The van der Waals surface area contributed by atoms with Crippen LogP contribution in [0, 0.1) is 0 Å². The molecule has 0 saturated carbocycles. The molecule has 3 N–H and O–H groups in total. The molecule has 0 spiro atoms. The van der Waals surface area contributed by atoms with Gasteiger partial charge in [0.2, 0.25) is 5.95 Å². The maximum absolute atomic E-state index is 12.7. The summed E-state index contributed by atoms with van der Waals surface area (Å²) < 4.78 is 0. The minimum atomic E-state index is -0.247. The van der Waals surface area contributed by atoms with Gasteiger partial charge in [-0.2, -0.15) is 0 Å². The third kappa shape index (κ3) is 4.13. The summed E-state index contributed by atoms with van der Waals surface area (Å²) in [5.74, 6) is 0.673. The van der Waals surface area contributed by atoms with E-state index in [1.807, 2.05) is 24.1 Å². The average Bonchev–Trinajstić information content (AvgIpc) is 3.23. The third-order valence-electron chi connectivity index (χ3n) is 4.70. The molecule has 2 aromatic heterocycles. The number of carbonyl (C=O) groups excluding carboxylic acids is 1. The summed E-state index contributed by atoms with van der Waals surface area (Å²) in [5.41, 5.74) is 5.99. The quantitative estimate of drug-likeness (QED) is 0.832. The summed E-state index contributed by atoms with van der Waals surface area (Å²) in [7, 11) is 1.99. The number of nitrogens with one attached hydrogen (secondary N) is 1. The van der Waals surface area contributed by atoms with E-state index in [-0.39, 0.29) is 23.5 Å². The maximum Gasteiger partial charge on any atom is 0.263 e. The summed E-state index contributed by atoms with van der Waals surface area (Å²) in [6, 6.07) is 5.68. The first kappa shape index (κ1) is 18.6. The van der Waals surface area contributed by atoms with Gasteiger partial charge >= 0.3 is 0 Å². The van der Waals surface area contributed by atoms with E-state index in [4.69, 9.17) is 5.73 Å². The zero-order chi connectivity index (χ0) is 18.8. The van der Waals surface area contributed by atoms with Gasteiger partial charge in [-0.25, -0.2) is 4.98 Å². The van der Waals surface area contributed by atoms with Crippen molar-refractivity contribution in [1.82, 2.24) is 19.8 Å². The molecule has 2 aromatic rings. The molecule has 1 atom stereocenters. The van der Waals surface area contributed by atoms with Crippen molar-refractivity contribution in [2.75, 3.05) is 25.9 Å². The van der Waals surface area contributed by atoms with E-state index in [0.717, 1.165) is 17.8 Å². The molecule has 1 fully saturated rings. The Labute approximate surface area is 156 Å². The fourth-order valence-electron chi connectivity index (χ4n) is 3.21. The number of likely N-dealkylation sites (tertiary alicyclic amines) is 1. The van der Waals surface area contributed by atoms with Crippen molar-refractivity contribution in [3.05, 3.63) is 44.0 Å². The van der Waals surface area contributed by atoms with Crippen molar-refractivity contribution in [3.8, 4) is 0 Å². The Bertz CT molecular complexity index is 844. The fourth-order valence-corrected chi connectivity index (χ4v) is 4.19. The van der Waals surface area contributed by atoms with E-state index >= 15 is 0 Å². The van der Waals surface area contributed by atoms with Crippen LogP contribution in [0.15, 0.2) is 23.0 Å². The summed E-state index contributed by atoms with van der Waals surface area (Å²) in [4.78, 5) is 37.0. The van der Waals surface area contributed by atoms with Gasteiger partial charge in [0.1, 0.15) is 0 Å². The van der Waals surface area contributed by atoms with Crippen molar-refractivity contribution in [3.63, 3.8) is 0 Å². The van der Waals surface area contributed by atoms with Crippen molar-refractivity contribution in [2.45, 2.75) is 38.8 Å². The monoisotopic (exact) mass is 375 g/mol. The molecule has 0 radical (unpaired) electrons. The molecular weight excluding hydrogens is 350 g/mol. The average molecular weight is 375 g/mol. The Kier molecular flexibility index (Phi) is 5.43. The van der Waals surface area contributed by atoms with Crippen LogP contribution in [0.2, 0.25) is 0 Å². The molecule has 7 nitrogen and oxygen atoms in total. The first-order chi connectivity index (χ1) is 12.3. The lowest BCUT2D eigenvalue weighted by molar-refractivity contribution is 0.0784. The molecule has 1 saturated heterocycles. The normalized spacial score (nSPS) is 17.4. The van der Waals surface area contributed by atoms with Gasteiger partial charge in [-0.3, -0.25) is 19.5 Å². The molecular formula is C18H25N5O2S. The van der Waals surface area contributed by atoms with Crippen molar-refractivity contribution in [1.29, 1.82) is 0 Å². The Hall–Kier alpha value is -2.19. The van der Waals surface area contributed by atoms with E-state index in [1.165, 1.54) is 10.9 Å². The zero-order valence-corrected chi connectivity index (χ0v) is 16.2. The maximum atomic E-state index is 12.7. The van der Waals surface area contributed by atoms with Gasteiger partial charge in [-0.1, -0.05) is 13.8 Å². The highest BCUT2D eigenvalue weighted by molar-refractivity contribution is 7.14. The van der Waals surface area contributed by atoms with E-state index < -0.39 is 0 Å². The predicted molar refractivity (Wildman–Crippen MR) is 103 cm³/mol. The lowest BCUT2D eigenvalue weighted by Crippen LogP contribution is -2.36. The standard InChI is InChI=1S/C18H25N5O2S/c1-11(2)14-4-5-15(26-14)17(25)23-7-6-13(10-23)22(3)9-12-8-16(24)21-18(19)20-12/h4-5,8,11,13H,6-7,9-10H2,1-3H3,(H3,19,20,21,24). The number of nitrogens with zero attached hydrogens (tertiary/aromatic N) is 3. The van der Waals surface area contributed by atoms with Crippen LogP contribution in [0.25, 0.3) is 0 Å². The number of carbonyl (C=O) groups is 1. The second-order valence-corrected chi connectivity index (χ2v) is 8.20. The van der Waals surface area contributed by atoms with Gasteiger partial charge in [0.05, 0.1) is 10.6 Å². The molecule has 8 heteroatoms. The van der Waals surface area contributed by atoms with Gasteiger partial charge in [0.15, 0.2) is 0 Å². The lowest BCUT2D eigenvalue weighted by Gasteiger charge is -2.24. The molecule has 0 aromatic carbocycles. The molecule has 3 rings (SSSR count). The summed E-state index contributed by atoms with van der Waals surface area (Å²) in [5, 5.41) is 0. The highest BCUT2D eigenvalue weighted by Crippen LogP contribution is 2.27. The van der Waals surface area contributed by atoms with Gasteiger partial charge in [-0.05, 0) is 31.5 Å². The number of nitrogens with two attached hydrogens (primary N) is 1. The number of likely N-dealkylation sites (N-methyl/N-ethyl adjacent to an activating group) is 1. The van der Waals surface area contributed by atoms with E-state index in [2.05, 4.69) is 28.7 Å². The molecule has 3 heterocycles. The number of nitrogen functional groups attached to an aromatic ring is 1. The van der Waals surface area contributed by atoms with Crippen LogP contribution in [0.1, 0.15) is 46.4 Å². The van der Waals surface area contributed by atoms with Crippen LogP contribution in [-0.2, 0) is 6.54 Å². The minimum absolute atomic E-state index is 0.108. The SMILES string of the molecule is CC(C)c1ccc(C(=O)N2CCC(N(C)Cc3cc(=O)[nH]c(N)n3)C2)s1. The Morgan fingerprint density at radius 1 is 1.50 bits per heavy atom. The number of amides is 1. The summed E-state index contributed by atoms with van der Waals surface area (Å²) >= 11 is 1.58. The second-order valence-electron chi connectivity index (χ2n) is 7.09. The number of H-pyrrole nitrogens is 1. The molecule has 0 bridgehead atoms. The van der Waals surface area contributed by atoms with Crippen molar-refractivity contribution < 1.29 is 4.79 Å². The molecule has 140 valence electrons. The van der Waals surface area contributed by atoms with Crippen LogP contribution < -0.4 is 11.3 Å². The van der Waals surface area contributed by atoms with Gasteiger partial charge in [0, 0.05) is 36.6 Å². The Morgan fingerprint density at radius 2 is 2.27 bits per heavy atom. The van der Waals surface area contributed by atoms with Gasteiger partial charge in [0.25, 0.3) is 11.5 Å². The number of hydrogen-bond donors (Lipinski definition) is 2. The number of aromatic nitrogens is 2. The zero-order valence-electron chi connectivity index (χ0n) is 15.4. The largest absolute Gasteiger partial charge is 0.369 e. The van der Waals surface area contributed by atoms with Crippen LogP contribution in [-0.4, -0.2) is 51.9 Å². The van der Waals surface area contributed by atoms with Crippen LogP contribution in [0.4, 0.5) is 5.95 Å². The van der Waals surface area contributed by atoms with Crippen LogP contribution in [0.5, 0.6) is 0 Å². The summed E-state index contributed by atoms with van der Waals surface area (Å²) in [6.45, 7) is 6.22. The first-order valence-electron chi connectivity index (χ1n) is 8.78. The lowest BCUT2D eigenvalue weighted by atomic mass is 10.2. The molecule has 0 aliphatic carbocycles. The smallest absolute Gasteiger partial charge is 0.263 e. The highest BCUT2D eigenvalue weighted by Gasteiger charge is 2.30. The molecule has 1 aliphatic rings. The fraction of sp³-hybridized carbons (Fsp3) is 0.500. The number of hydrogen-bond acceptors (Lipinski definition) is 6. The Morgan fingerprint density at radius 3 is 2.92 bits per heavy atom. The first-order valence-corrected chi connectivity index (χ1v) is 9.60. The minimum Gasteiger partial charge on any atom is -0.369 e. The van der Waals surface area contributed by atoms with Crippen molar-refractivity contribution in [2.24, 2.45) is 0 Å². The highest BCUT2D eigenvalue weighted by atomic mass is 32.1. The van der Waals surface area contributed by atoms with Gasteiger partial charge in [-0.15, -0.1) is 11.3 Å². The number of rotatable bonds is 5. The Balaban J connectivity index is 1.61.